The van der Waals surface area contributed by atoms with Crippen molar-refractivity contribution in [2.75, 3.05) is 18.4 Å². The van der Waals surface area contributed by atoms with Gasteiger partial charge in [0.15, 0.2) is 5.82 Å². The van der Waals surface area contributed by atoms with E-state index in [2.05, 4.69) is 27.1 Å². The summed E-state index contributed by atoms with van der Waals surface area (Å²) >= 11 is 0. The van der Waals surface area contributed by atoms with Crippen molar-refractivity contribution in [3.05, 3.63) is 60.8 Å². The molecule has 1 aliphatic heterocycles. The molecule has 1 aliphatic rings. The molecular formula is C21H19ClF3N5O. The summed E-state index contributed by atoms with van der Waals surface area (Å²) in [6, 6.07) is 8.35. The van der Waals surface area contributed by atoms with Gasteiger partial charge in [0.2, 0.25) is 5.91 Å². The summed E-state index contributed by atoms with van der Waals surface area (Å²) < 4.78 is 38.5. The van der Waals surface area contributed by atoms with Crippen LogP contribution in [0.15, 0.2) is 55.3 Å². The average molecular weight is 450 g/mol. The van der Waals surface area contributed by atoms with E-state index in [4.69, 9.17) is 0 Å². The number of likely N-dealkylation sites (tertiary alicyclic amines) is 1. The first-order valence-electron chi connectivity index (χ1n) is 9.33. The average Bonchev–Trinajstić information content (AvgIpc) is 3.21. The highest BCUT2D eigenvalue weighted by Gasteiger charge is 2.30. The smallest absolute Gasteiger partial charge is 0.363 e. The fraction of sp³-hybridized carbons (Fsp3) is 0.238. The van der Waals surface area contributed by atoms with Crippen molar-refractivity contribution in [2.24, 2.45) is 0 Å². The molecule has 2 aromatic heterocycles. The first-order valence-corrected chi connectivity index (χ1v) is 9.33. The molecule has 0 unspecified atom stereocenters. The Morgan fingerprint density at radius 1 is 1.19 bits per heavy atom. The zero-order valence-electron chi connectivity index (χ0n) is 16.3. The minimum absolute atomic E-state index is 0. The fourth-order valence-corrected chi connectivity index (χ4v) is 3.51. The Hall–Kier alpha value is -3.20. The third kappa shape index (κ3) is 4.61. The third-order valence-corrected chi connectivity index (χ3v) is 5.04. The first kappa shape index (κ1) is 22.5. The van der Waals surface area contributed by atoms with Gasteiger partial charge in [-0.05, 0) is 36.8 Å². The Bertz CT molecular complexity index is 1100. The maximum atomic E-state index is 12.8. The molecule has 0 bridgehead atoms. The number of rotatable bonds is 4. The lowest BCUT2D eigenvalue weighted by Crippen LogP contribution is -2.30. The van der Waals surface area contributed by atoms with E-state index in [1.165, 1.54) is 18.2 Å². The topological polar surface area (TPSA) is 71.0 Å². The summed E-state index contributed by atoms with van der Waals surface area (Å²) in [5, 5.41) is 12.5. The van der Waals surface area contributed by atoms with Crippen LogP contribution in [0.3, 0.4) is 0 Å². The monoisotopic (exact) mass is 449 g/mol. The number of nitrogens with zero attached hydrogens (tertiary/aromatic N) is 4. The molecule has 1 atom stereocenters. The first-order chi connectivity index (χ1) is 14.4. The predicted molar refractivity (Wildman–Crippen MR) is 114 cm³/mol. The van der Waals surface area contributed by atoms with Gasteiger partial charge in [-0.15, -0.1) is 22.6 Å². The molecule has 31 heavy (non-hydrogen) atoms. The molecule has 1 N–H and O–H groups in total. The van der Waals surface area contributed by atoms with E-state index < -0.39 is 11.7 Å². The lowest BCUT2D eigenvalue weighted by Gasteiger charge is -2.17. The second-order valence-corrected chi connectivity index (χ2v) is 6.99. The van der Waals surface area contributed by atoms with Crippen LogP contribution in [0.25, 0.3) is 22.2 Å². The van der Waals surface area contributed by atoms with Crippen molar-refractivity contribution >= 4 is 35.0 Å². The highest BCUT2D eigenvalue weighted by Crippen LogP contribution is 2.33. The third-order valence-electron chi connectivity index (χ3n) is 5.04. The molecule has 3 aromatic rings. The molecule has 1 fully saturated rings. The second-order valence-electron chi connectivity index (χ2n) is 6.99. The summed E-state index contributed by atoms with van der Waals surface area (Å²) in [6.45, 7) is 4.65. The number of amides is 1. The molecule has 1 amide bonds. The van der Waals surface area contributed by atoms with Gasteiger partial charge in [0.1, 0.15) is 11.2 Å². The van der Waals surface area contributed by atoms with E-state index in [9.17, 15) is 18.0 Å². The molecule has 0 radical (unpaired) electrons. The van der Waals surface area contributed by atoms with E-state index in [0.29, 0.717) is 41.1 Å². The number of fused-ring (bicyclic) bond motifs is 1. The SMILES string of the molecule is C=CC(=O)N1CC[C@H](Nc2nnc(-c3ccc(C(F)(F)F)cc3)c3ncccc23)C1.Cl. The van der Waals surface area contributed by atoms with E-state index in [-0.39, 0.29) is 24.4 Å². The van der Waals surface area contributed by atoms with E-state index in [0.717, 1.165) is 18.6 Å². The van der Waals surface area contributed by atoms with Gasteiger partial charge in [0.25, 0.3) is 0 Å². The number of benzene rings is 1. The minimum Gasteiger partial charge on any atom is -0.363 e. The number of anilines is 1. The van der Waals surface area contributed by atoms with Gasteiger partial charge in [-0.25, -0.2) is 0 Å². The van der Waals surface area contributed by atoms with Gasteiger partial charge in [-0.1, -0.05) is 18.7 Å². The quantitative estimate of drug-likeness (QED) is 0.600. The molecule has 1 saturated heterocycles. The standard InChI is InChI=1S/C21H18F3N5O.ClH/c1-2-17(30)29-11-9-15(12-29)26-20-16-4-3-10-25-19(16)18(27-28-20)13-5-7-14(8-6-13)21(22,23)24;/h2-8,10,15H,1,9,11-12H2,(H,26,28);1H/t15-;/m0./s1. The Morgan fingerprint density at radius 2 is 1.94 bits per heavy atom. The number of aromatic nitrogens is 3. The van der Waals surface area contributed by atoms with Crippen LogP contribution in [0.2, 0.25) is 0 Å². The summed E-state index contributed by atoms with van der Waals surface area (Å²) in [6.07, 6.45) is -0.758. The largest absolute Gasteiger partial charge is 0.416 e. The van der Waals surface area contributed by atoms with E-state index >= 15 is 0 Å². The highest BCUT2D eigenvalue weighted by atomic mass is 35.5. The molecule has 0 spiro atoms. The van der Waals surface area contributed by atoms with Crippen LogP contribution in [0, 0.1) is 0 Å². The van der Waals surface area contributed by atoms with Gasteiger partial charge in [-0.2, -0.15) is 13.2 Å². The van der Waals surface area contributed by atoms with Crippen molar-refractivity contribution in [1.82, 2.24) is 20.1 Å². The number of carbonyl (C=O) groups excluding carboxylic acids is 1. The zero-order chi connectivity index (χ0) is 21.3. The molecule has 1 aromatic carbocycles. The van der Waals surface area contributed by atoms with Crippen molar-refractivity contribution in [2.45, 2.75) is 18.6 Å². The van der Waals surface area contributed by atoms with Crippen molar-refractivity contribution in [3.63, 3.8) is 0 Å². The number of alkyl halides is 3. The van der Waals surface area contributed by atoms with Crippen LogP contribution >= 0.6 is 12.4 Å². The van der Waals surface area contributed by atoms with Crippen LogP contribution in [-0.4, -0.2) is 45.1 Å². The summed E-state index contributed by atoms with van der Waals surface area (Å²) in [7, 11) is 0. The van der Waals surface area contributed by atoms with E-state index in [1.54, 1.807) is 17.2 Å². The summed E-state index contributed by atoms with van der Waals surface area (Å²) in [4.78, 5) is 17.9. The normalized spacial score (nSPS) is 16.1. The number of hydrogen-bond acceptors (Lipinski definition) is 5. The lowest BCUT2D eigenvalue weighted by molar-refractivity contribution is -0.137. The Balaban J connectivity index is 0.00000272. The zero-order valence-corrected chi connectivity index (χ0v) is 17.1. The van der Waals surface area contributed by atoms with E-state index in [1.807, 2.05) is 6.07 Å². The molecule has 3 heterocycles. The predicted octanol–water partition coefficient (Wildman–Crippen LogP) is 4.33. The Kier molecular flexibility index (Phi) is 6.45. The highest BCUT2D eigenvalue weighted by molar-refractivity contribution is 5.97. The van der Waals surface area contributed by atoms with Gasteiger partial charge >= 0.3 is 6.18 Å². The maximum absolute atomic E-state index is 12.8. The Labute approximate surface area is 182 Å². The molecular weight excluding hydrogens is 431 g/mol. The van der Waals surface area contributed by atoms with Crippen LogP contribution in [0.1, 0.15) is 12.0 Å². The van der Waals surface area contributed by atoms with Crippen LogP contribution in [-0.2, 0) is 11.0 Å². The van der Waals surface area contributed by atoms with Gasteiger partial charge < -0.3 is 10.2 Å². The molecule has 0 aliphatic carbocycles. The summed E-state index contributed by atoms with van der Waals surface area (Å²) in [5.41, 5.74) is 0.704. The lowest BCUT2D eigenvalue weighted by atomic mass is 10.1. The minimum atomic E-state index is -4.40. The van der Waals surface area contributed by atoms with Crippen molar-refractivity contribution < 1.29 is 18.0 Å². The number of carbonyl (C=O) groups is 1. The number of halogens is 4. The van der Waals surface area contributed by atoms with Crippen LogP contribution in [0.4, 0.5) is 19.0 Å². The van der Waals surface area contributed by atoms with Gasteiger partial charge in [0, 0.05) is 36.3 Å². The molecule has 10 heteroatoms. The molecule has 4 rings (SSSR count). The van der Waals surface area contributed by atoms with Crippen molar-refractivity contribution in [3.8, 4) is 11.3 Å². The van der Waals surface area contributed by atoms with Crippen LogP contribution in [0.5, 0.6) is 0 Å². The Morgan fingerprint density at radius 3 is 2.61 bits per heavy atom. The van der Waals surface area contributed by atoms with Crippen molar-refractivity contribution in [1.29, 1.82) is 0 Å². The number of pyridine rings is 1. The molecule has 0 saturated carbocycles. The number of nitrogens with one attached hydrogen (secondary N) is 1. The maximum Gasteiger partial charge on any atom is 0.416 e. The summed E-state index contributed by atoms with van der Waals surface area (Å²) in [5.74, 6) is 0.404. The fourth-order valence-electron chi connectivity index (χ4n) is 3.51. The van der Waals surface area contributed by atoms with Gasteiger partial charge in [-0.3, -0.25) is 9.78 Å². The van der Waals surface area contributed by atoms with Crippen LogP contribution < -0.4 is 5.32 Å². The van der Waals surface area contributed by atoms with Gasteiger partial charge in [0.05, 0.1) is 5.56 Å². The number of hydrogen-bond donors (Lipinski definition) is 1. The molecule has 6 nitrogen and oxygen atoms in total. The molecule has 162 valence electrons. The second kappa shape index (κ2) is 8.89.